The van der Waals surface area contributed by atoms with Gasteiger partial charge in [0.05, 0.1) is 11.4 Å². The quantitative estimate of drug-likeness (QED) is 0.654. The van der Waals surface area contributed by atoms with Crippen LogP contribution in [-0.4, -0.2) is 30.4 Å². The lowest BCUT2D eigenvalue weighted by Crippen LogP contribution is -2.41. The first-order chi connectivity index (χ1) is 13.5. The van der Waals surface area contributed by atoms with Gasteiger partial charge in [0, 0.05) is 18.5 Å². The van der Waals surface area contributed by atoms with E-state index in [1.807, 2.05) is 31.2 Å². The number of aryl methyl sites for hydroxylation is 1. The number of esters is 1. The highest BCUT2D eigenvalue weighted by Gasteiger charge is 2.29. The molecule has 0 aromatic heterocycles. The average molecular weight is 378 g/mol. The van der Waals surface area contributed by atoms with Gasteiger partial charge in [0.1, 0.15) is 0 Å². The van der Waals surface area contributed by atoms with E-state index in [1.54, 1.807) is 37.3 Å². The van der Waals surface area contributed by atoms with Crippen LogP contribution < -0.4 is 10.2 Å². The Morgan fingerprint density at radius 2 is 1.89 bits per heavy atom. The summed E-state index contributed by atoms with van der Waals surface area (Å²) < 4.78 is 5.13. The summed E-state index contributed by atoms with van der Waals surface area (Å²) in [6.45, 7) is 3.34. The average Bonchev–Trinajstić information content (AvgIpc) is 2.79. The van der Waals surface area contributed by atoms with Crippen LogP contribution in [0.3, 0.4) is 0 Å². The molecule has 1 atom stereocenters. The van der Waals surface area contributed by atoms with Gasteiger partial charge in [-0.15, -0.1) is 0 Å². The maximum Gasteiger partial charge on any atom is 0.331 e. The summed E-state index contributed by atoms with van der Waals surface area (Å²) >= 11 is 0. The number of fused-ring (bicyclic) bond motifs is 1. The lowest BCUT2D eigenvalue weighted by Gasteiger charge is -2.27. The van der Waals surface area contributed by atoms with Crippen LogP contribution in [0.5, 0.6) is 0 Å². The lowest BCUT2D eigenvalue weighted by molar-refractivity contribution is -0.143. The van der Waals surface area contributed by atoms with Crippen molar-refractivity contribution in [2.24, 2.45) is 0 Å². The van der Waals surface area contributed by atoms with Gasteiger partial charge in [-0.25, -0.2) is 4.79 Å². The molecule has 144 valence electrons. The van der Waals surface area contributed by atoms with Crippen molar-refractivity contribution in [1.82, 2.24) is 0 Å². The minimum Gasteiger partial charge on any atom is -0.452 e. The molecular formula is C22H22N2O4. The maximum absolute atomic E-state index is 12.7. The van der Waals surface area contributed by atoms with Crippen molar-refractivity contribution in [2.45, 2.75) is 26.3 Å². The third kappa shape index (κ3) is 4.46. The molecule has 6 heteroatoms. The molecule has 3 rings (SSSR count). The van der Waals surface area contributed by atoms with E-state index >= 15 is 0 Å². The Hall–Kier alpha value is -3.41. The van der Waals surface area contributed by atoms with Crippen molar-refractivity contribution >= 4 is 35.2 Å². The van der Waals surface area contributed by atoms with Crippen LogP contribution in [0.4, 0.5) is 11.4 Å². The molecule has 1 N–H and O–H groups in total. The fourth-order valence-electron chi connectivity index (χ4n) is 3.15. The van der Waals surface area contributed by atoms with Gasteiger partial charge in [0.2, 0.25) is 5.91 Å². The van der Waals surface area contributed by atoms with Crippen LogP contribution in [0.1, 0.15) is 24.5 Å². The minimum absolute atomic E-state index is 0.159. The molecule has 2 aromatic rings. The molecule has 6 nitrogen and oxygen atoms in total. The van der Waals surface area contributed by atoms with Crippen LogP contribution >= 0.6 is 0 Å². The smallest absolute Gasteiger partial charge is 0.331 e. The summed E-state index contributed by atoms with van der Waals surface area (Å²) in [4.78, 5) is 38.3. The fourth-order valence-corrected chi connectivity index (χ4v) is 3.15. The van der Waals surface area contributed by atoms with Gasteiger partial charge < -0.3 is 15.0 Å². The van der Waals surface area contributed by atoms with Gasteiger partial charge in [-0.1, -0.05) is 36.4 Å². The molecular weight excluding hydrogens is 356 g/mol. The van der Waals surface area contributed by atoms with Crippen molar-refractivity contribution < 1.29 is 19.1 Å². The number of carbonyl (C=O) groups excluding carboxylic acids is 3. The van der Waals surface area contributed by atoms with Gasteiger partial charge in [0.25, 0.3) is 5.91 Å². The second-order valence-electron chi connectivity index (χ2n) is 6.68. The largest absolute Gasteiger partial charge is 0.452 e. The molecule has 1 aliphatic heterocycles. The predicted molar refractivity (Wildman–Crippen MR) is 108 cm³/mol. The molecule has 0 radical (unpaired) electrons. The molecule has 0 bridgehead atoms. The summed E-state index contributed by atoms with van der Waals surface area (Å²) in [5.41, 5.74) is 3.11. The maximum atomic E-state index is 12.7. The van der Waals surface area contributed by atoms with Crippen LogP contribution in [0.25, 0.3) is 6.08 Å². The van der Waals surface area contributed by atoms with Crippen molar-refractivity contribution in [3.63, 3.8) is 0 Å². The number of hydrogen-bond acceptors (Lipinski definition) is 4. The van der Waals surface area contributed by atoms with E-state index in [0.717, 1.165) is 11.1 Å². The van der Waals surface area contributed by atoms with Gasteiger partial charge >= 0.3 is 5.97 Å². The van der Waals surface area contributed by atoms with Crippen LogP contribution in [0.2, 0.25) is 0 Å². The molecule has 1 heterocycles. The fraction of sp³-hybridized carbons (Fsp3) is 0.227. The van der Waals surface area contributed by atoms with Crippen molar-refractivity contribution in [3.05, 3.63) is 65.7 Å². The third-order valence-electron chi connectivity index (χ3n) is 4.55. The zero-order valence-electron chi connectivity index (χ0n) is 15.8. The molecule has 2 aromatic carbocycles. The SMILES string of the molecule is Cc1ccccc1/C=C/C(=O)OCC(=O)N1c2ccccc2NC(=O)C[C@@H]1C. The Balaban J connectivity index is 1.68. The van der Waals surface area contributed by atoms with Gasteiger partial charge in [-0.2, -0.15) is 0 Å². The first-order valence-electron chi connectivity index (χ1n) is 9.07. The lowest BCUT2D eigenvalue weighted by atomic mass is 10.1. The van der Waals surface area contributed by atoms with Crippen molar-refractivity contribution in [2.75, 3.05) is 16.8 Å². The Kier molecular flexibility index (Phi) is 5.89. The molecule has 0 saturated carbocycles. The molecule has 28 heavy (non-hydrogen) atoms. The van der Waals surface area contributed by atoms with E-state index in [9.17, 15) is 14.4 Å². The van der Waals surface area contributed by atoms with Crippen molar-refractivity contribution in [3.8, 4) is 0 Å². The van der Waals surface area contributed by atoms with E-state index in [4.69, 9.17) is 4.74 Å². The Labute approximate surface area is 163 Å². The highest BCUT2D eigenvalue weighted by molar-refractivity contribution is 6.05. The standard InChI is InChI=1S/C22H22N2O4/c1-15-7-3-4-8-17(15)11-12-22(27)28-14-21(26)24-16(2)13-20(25)23-18-9-5-6-10-19(18)24/h3-12,16H,13-14H2,1-2H3,(H,23,25)/b12-11+/t16-/m0/s1. The number of benzene rings is 2. The van der Waals surface area contributed by atoms with Crippen LogP contribution in [0.15, 0.2) is 54.6 Å². The predicted octanol–water partition coefficient (Wildman–Crippen LogP) is 3.32. The van der Waals surface area contributed by atoms with E-state index in [1.165, 1.54) is 11.0 Å². The summed E-state index contributed by atoms with van der Waals surface area (Å²) in [6, 6.07) is 14.4. The topological polar surface area (TPSA) is 75.7 Å². The number of amides is 2. The van der Waals surface area contributed by atoms with E-state index < -0.39 is 12.6 Å². The van der Waals surface area contributed by atoms with Gasteiger partial charge in [-0.05, 0) is 43.2 Å². The second kappa shape index (κ2) is 8.52. The van der Waals surface area contributed by atoms with Gasteiger partial charge in [0.15, 0.2) is 6.61 Å². The van der Waals surface area contributed by atoms with E-state index in [-0.39, 0.29) is 24.3 Å². The molecule has 0 spiro atoms. The third-order valence-corrected chi connectivity index (χ3v) is 4.55. The number of nitrogens with zero attached hydrogens (tertiary/aromatic N) is 1. The zero-order valence-corrected chi connectivity index (χ0v) is 15.8. The highest BCUT2D eigenvalue weighted by Crippen LogP contribution is 2.31. The number of carbonyl (C=O) groups is 3. The number of anilines is 2. The van der Waals surface area contributed by atoms with E-state index in [0.29, 0.717) is 11.4 Å². The Morgan fingerprint density at radius 1 is 1.18 bits per heavy atom. The summed E-state index contributed by atoms with van der Waals surface area (Å²) in [5.74, 6) is -1.14. The number of hydrogen-bond donors (Lipinski definition) is 1. The monoisotopic (exact) mass is 378 g/mol. The number of nitrogens with one attached hydrogen (secondary N) is 1. The number of ether oxygens (including phenoxy) is 1. The Morgan fingerprint density at radius 3 is 2.68 bits per heavy atom. The summed E-state index contributed by atoms with van der Waals surface area (Å²) in [6.07, 6.45) is 3.14. The molecule has 2 amide bonds. The molecule has 1 aliphatic rings. The number of rotatable bonds is 4. The van der Waals surface area contributed by atoms with Gasteiger partial charge in [-0.3, -0.25) is 9.59 Å². The minimum atomic E-state index is -0.596. The summed E-state index contributed by atoms with van der Waals surface area (Å²) in [5, 5.41) is 2.79. The highest BCUT2D eigenvalue weighted by atomic mass is 16.5. The Bertz CT molecular complexity index is 936. The van der Waals surface area contributed by atoms with Crippen molar-refractivity contribution in [1.29, 1.82) is 0 Å². The van der Waals surface area contributed by atoms with Crippen LogP contribution in [-0.2, 0) is 19.1 Å². The molecule has 0 unspecified atom stereocenters. The number of para-hydroxylation sites is 2. The summed E-state index contributed by atoms with van der Waals surface area (Å²) in [7, 11) is 0. The zero-order chi connectivity index (χ0) is 20.1. The first kappa shape index (κ1) is 19.4. The molecule has 0 fully saturated rings. The second-order valence-corrected chi connectivity index (χ2v) is 6.68. The van der Waals surface area contributed by atoms with E-state index in [2.05, 4.69) is 5.32 Å². The normalized spacial score (nSPS) is 16.3. The first-order valence-corrected chi connectivity index (χ1v) is 9.07. The van der Waals surface area contributed by atoms with Crippen LogP contribution in [0, 0.1) is 6.92 Å². The molecule has 0 aliphatic carbocycles. The molecule has 0 saturated heterocycles.